The van der Waals surface area contributed by atoms with Crippen LogP contribution >= 0.6 is 12.2 Å². The summed E-state index contributed by atoms with van der Waals surface area (Å²) in [5, 5.41) is 11.2. The number of hydrogen-bond donors (Lipinski definition) is 1. The van der Waals surface area contributed by atoms with Gasteiger partial charge in [0.05, 0.1) is 12.8 Å². The Hall–Kier alpha value is -2.11. The summed E-state index contributed by atoms with van der Waals surface area (Å²) in [5.74, 6) is 0.841. The quantitative estimate of drug-likeness (QED) is 0.591. The minimum Gasteiger partial charge on any atom is -0.489 e. The second-order valence-electron chi connectivity index (χ2n) is 5.79. The lowest BCUT2D eigenvalue weighted by Gasteiger charge is -2.22. The van der Waals surface area contributed by atoms with E-state index in [0.29, 0.717) is 12.3 Å². The molecule has 0 unspecified atom stereocenters. The van der Waals surface area contributed by atoms with Crippen LogP contribution in [0.3, 0.4) is 0 Å². The fourth-order valence-corrected chi connectivity index (χ4v) is 2.84. The van der Waals surface area contributed by atoms with Gasteiger partial charge in [0.2, 0.25) is 0 Å². The molecule has 2 aromatic rings. The summed E-state index contributed by atoms with van der Waals surface area (Å²) in [7, 11) is 1.43. The molecular weight excluding hydrogens is 334 g/mol. The van der Waals surface area contributed by atoms with Crippen LogP contribution < -0.4 is 9.80 Å². The molecule has 0 saturated carbocycles. The molecule has 0 aliphatic heterocycles. The topological polar surface area (TPSA) is 41.9 Å². The third kappa shape index (κ3) is 4.50. The van der Waals surface area contributed by atoms with Gasteiger partial charge in [-0.05, 0) is 60.8 Å². The standard InChI is InChI=1S/C20H25NO3S/c1-5-15-10-11-19(14(3)12-15)24-13-17-16(6-2)8-7-9-18(17)21(22)20(25)23-4/h7-12,22H,5-6,13H2,1-4H3. The normalized spacial score (nSPS) is 10.4. The molecule has 0 spiro atoms. The van der Waals surface area contributed by atoms with E-state index in [9.17, 15) is 5.21 Å². The van der Waals surface area contributed by atoms with Crippen molar-refractivity contribution in [1.29, 1.82) is 0 Å². The minimum atomic E-state index is -0.00187. The van der Waals surface area contributed by atoms with Crippen LogP contribution in [0.5, 0.6) is 5.75 Å². The predicted octanol–water partition coefficient (Wildman–Crippen LogP) is 4.83. The molecule has 0 aliphatic rings. The first-order chi connectivity index (χ1) is 12.0. The molecule has 2 rings (SSSR count). The van der Waals surface area contributed by atoms with Gasteiger partial charge in [-0.15, -0.1) is 0 Å². The Balaban J connectivity index is 2.30. The summed E-state index contributed by atoms with van der Waals surface area (Å²) in [4.78, 5) is 0. The second kappa shape index (κ2) is 8.83. The molecule has 1 N–H and O–H groups in total. The van der Waals surface area contributed by atoms with Crippen LogP contribution in [0.2, 0.25) is 0 Å². The molecule has 0 aliphatic carbocycles. The Kier molecular flexibility index (Phi) is 6.79. The molecular formula is C20H25NO3S. The molecule has 0 saturated heterocycles. The molecule has 134 valence electrons. The largest absolute Gasteiger partial charge is 0.489 e. The Morgan fingerprint density at radius 1 is 1.16 bits per heavy atom. The smallest absolute Gasteiger partial charge is 0.288 e. The number of anilines is 1. The van der Waals surface area contributed by atoms with E-state index >= 15 is 0 Å². The highest BCUT2D eigenvalue weighted by atomic mass is 32.1. The first-order valence-corrected chi connectivity index (χ1v) is 8.82. The number of nitrogens with zero attached hydrogens (tertiary/aromatic N) is 1. The Morgan fingerprint density at radius 2 is 1.92 bits per heavy atom. The zero-order chi connectivity index (χ0) is 18.4. The van der Waals surface area contributed by atoms with Crippen molar-refractivity contribution in [1.82, 2.24) is 0 Å². The maximum absolute atomic E-state index is 10.3. The summed E-state index contributed by atoms with van der Waals surface area (Å²) in [6.07, 6.45) is 1.83. The van der Waals surface area contributed by atoms with Crippen LogP contribution in [-0.2, 0) is 24.2 Å². The van der Waals surface area contributed by atoms with Crippen molar-refractivity contribution in [2.75, 3.05) is 12.2 Å². The van der Waals surface area contributed by atoms with Crippen LogP contribution in [0.15, 0.2) is 36.4 Å². The molecule has 5 heteroatoms. The van der Waals surface area contributed by atoms with Crippen LogP contribution in [0.25, 0.3) is 0 Å². The van der Waals surface area contributed by atoms with Crippen molar-refractivity contribution in [2.45, 2.75) is 40.2 Å². The van der Waals surface area contributed by atoms with Crippen molar-refractivity contribution in [3.63, 3.8) is 0 Å². The number of methoxy groups -OCH3 is 1. The minimum absolute atomic E-state index is 0.00187. The third-order valence-electron chi connectivity index (χ3n) is 4.22. The molecule has 0 atom stereocenters. The summed E-state index contributed by atoms with van der Waals surface area (Å²) in [6, 6.07) is 11.9. The van der Waals surface area contributed by atoms with Gasteiger partial charge in [0, 0.05) is 5.56 Å². The molecule has 0 heterocycles. The average Bonchev–Trinajstić information content (AvgIpc) is 2.65. The highest BCUT2D eigenvalue weighted by molar-refractivity contribution is 7.80. The fourth-order valence-electron chi connectivity index (χ4n) is 2.75. The SMILES string of the molecule is CCc1ccc(OCc2c(CC)cccc2N(O)C(=S)OC)c(C)c1. The molecule has 0 fully saturated rings. The molecule has 0 aromatic heterocycles. The van der Waals surface area contributed by atoms with Crippen molar-refractivity contribution in [3.8, 4) is 5.75 Å². The van der Waals surface area contributed by atoms with Crippen molar-refractivity contribution < 1.29 is 14.7 Å². The molecule has 4 nitrogen and oxygen atoms in total. The number of benzene rings is 2. The van der Waals surface area contributed by atoms with E-state index in [-0.39, 0.29) is 5.17 Å². The first kappa shape index (κ1) is 19.2. The van der Waals surface area contributed by atoms with Gasteiger partial charge < -0.3 is 9.47 Å². The lowest BCUT2D eigenvalue weighted by Crippen LogP contribution is -2.28. The van der Waals surface area contributed by atoms with Crippen molar-refractivity contribution in [2.24, 2.45) is 0 Å². The number of hydrogen-bond acceptors (Lipinski definition) is 4. The summed E-state index contributed by atoms with van der Waals surface area (Å²) in [6.45, 7) is 6.59. The van der Waals surface area contributed by atoms with Gasteiger partial charge in [-0.2, -0.15) is 5.06 Å². The number of thiocarbonyl (C=S) groups is 1. The lowest BCUT2D eigenvalue weighted by atomic mass is 10.0. The predicted molar refractivity (Wildman–Crippen MR) is 105 cm³/mol. The van der Waals surface area contributed by atoms with E-state index in [1.807, 2.05) is 25.1 Å². The second-order valence-corrected chi connectivity index (χ2v) is 6.14. The van der Waals surface area contributed by atoms with Gasteiger partial charge in [0.25, 0.3) is 5.17 Å². The van der Waals surface area contributed by atoms with Gasteiger partial charge >= 0.3 is 0 Å². The first-order valence-electron chi connectivity index (χ1n) is 8.41. The number of hydroxylamine groups is 1. The summed E-state index contributed by atoms with van der Waals surface area (Å²) >= 11 is 5.04. The van der Waals surface area contributed by atoms with Crippen molar-refractivity contribution >= 4 is 23.1 Å². The Bertz CT molecular complexity index is 746. The average molecular weight is 359 g/mol. The zero-order valence-corrected chi connectivity index (χ0v) is 16.0. The highest BCUT2D eigenvalue weighted by Crippen LogP contribution is 2.27. The van der Waals surface area contributed by atoms with Gasteiger partial charge in [-0.3, -0.25) is 5.21 Å². The van der Waals surface area contributed by atoms with E-state index in [1.165, 1.54) is 12.7 Å². The molecule has 0 amide bonds. The lowest BCUT2D eigenvalue weighted by molar-refractivity contribution is 0.264. The van der Waals surface area contributed by atoms with Gasteiger partial charge in [-0.1, -0.05) is 38.1 Å². The molecule has 0 bridgehead atoms. The van der Waals surface area contributed by atoms with Gasteiger partial charge in [-0.25, -0.2) is 0 Å². The number of rotatable bonds is 6. The van der Waals surface area contributed by atoms with Crippen molar-refractivity contribution in [3.05, 3.63) is 58.7 Å². The summed E-state index contributed by atoms with van der Waals surface area (Å²) < 4.78 is 11.0. The maximum Gasteiger partial charge on any atom is 0.288 e. The van der Waals surface area contributed by atoms with Crippen LogP contribution in [0.1, 0.15) is 36.1 Å². The van der Waals surface area contributed by atoms with Crippen LogP contribution in [0, 0.1) is 6.92 Å². The van der Waals surface area contributed by atoms with E-state index < -0.39 is 0 Å². The van der Waals surface area contributed by atoms with Gasteiger partial charge in [0.1, 0.15) is 12.4 Å². The van der Waals surface area contributed by atoms with E-state index in [0.717, 1.165) is 40.3 Å². The monoisotopic (exact) mass is 359 g/mol. The van der Waals surface area contributed by atoms with Gasteiger partial charge in [0.15, 0.2) is 0 Å². The zero-order valence-electron chi connectivity index (χ0n) is 15.2. The van der Waals surface area contributed by atoms with E-state index in [2.05, 4.69) is 26.0 Å². The van der Waals surface area contributed by atoms with Crippen LogP contribution in [-0.4, -0.2) is 17.5 Å². The number of ether oxygens (including phenoxy) is 2. The molecule has 0 radical (unpaired) electrons. The van der Waals surface area contributed by atoms with Crippen LogP contribution in [0.4, 0.5) is 5.69 Å². The Morgan fingerprint density at radius 3 is 2.52 bits per heavy atom. The summed E-state index contributed by atoms with van der Waals surface area (Å²) in [5.41, 5.74) is 4.95. The Labute approximate surface area is 155 Å². The van der Waals surface area contributed by atoms with E-state index in [1.54, 1.807) is 6.07 Å². The maximum atomic E-state index is 10.3. The highest BCUT2D eigenvalue weighted by Gasteiger charge is 2.17. The molecule has 25 heavy (non-hydrogen) atoms. The fraction of sp³-hybridized carbons (Fsp3) is 0.350. The third-order valence-corrected chi connectivity index (χ3v) is 4.56. The number of aryl methyl sites for hydroxylation is 3. The molecule has 2 aromatic carbocycles. The van der Waals surface area contributed by atoms with E-state index in [4.69, 9.17) is 21.7 Å².